The van der Waals surface area contributed by atoms with Crippen LogP contribution in [0.5, 0.6) is 0 Å². The quantitative estimate of drug-likeness (QED) is 0.425. The van der Waals surface area contributed by atoms with Gasteiger partial charge in [-0.3, -0.25) is 14.8 Å². The van der Waals surface area contributed by atoms with Crippen molar-refractivity contribution in [2.75, 3.05) is 5.32 Å². The SMILES string of the molecule is Cc1cccc(-c2ncc(NC(=O)CCc3cccc(Cl)c3)nc2-c2cccnc2)c1. The summed E-state index contributed by atoms with van der Waals surface area (Å²) in [6, 6.07) is 19.4. The van der Waals surface area contributed by atoms with Gasteiger partial charge in [-0.25, -0.2) is 4.98 Å². The molecule has 0 aliphatic rings. The van der Waals surface area contributed by atoms with Crippen molar-refractivity contribution >= 4 is 23.3 Å². The minimum atomic E-state index is -0.130. The van der Waals surface area contributed by atoms with Gasteiger partial charge in [0.1, 0.15) is 5.69 Å². The van der Waals surface area contributed by atoms with Crippen LogP contribution in [-0.2, 0) is 11.2 Å². The number of hydrogen-bond acceptors (Lipinski definition) is 4. The number of aromatic nitrogens is 3. The normalized spacial score (nSPS) is 10.6. The third-order valence-electron chi connectivity index (χ3n) is 4.80. The highest BCUT2D eigenvalue weighted by Crippen LogP contribution is 2.29. The number of anilines is 1. The first-order valence-electron chi connectivity index (χ1n) is 9.97. The Bertz CT molecular complexity index is 1210. The van der Waals surface area contributed by atoms with E-state index in [9.17, 15) is 4.79 Å². The van der Waals surface area contributed by atoms with Crippen LogP contribution in [0.4, 0.5) is 5.82 Å². The smallest absolute Gasteiger partial charge is 0.225 e. The van der Waals surface area contributed by atoms with Crippen LogP contribution < -0.4 is 5.32 Å². The Hall–Kier alpha value is -3.57. The standard InChI is InChI=1S/C25H21ClN4O/c1-17-5-2-7-19(13-17)24-25(20-8-4-12-27-15-20)30-22(16-28-24)29-23(31)11-10-18-6-3-9-21(26)14-18/h2-9,12-16H,10-11H2,1H3,(H,29,30,31). The number of carbonyl (C=O) groups excluding carboxylic acids is 1. The van der Waals surface area contributed by atoms with Gasteiger partial charge in [0.05, 0.1) is 11.9 Å². The molecule has 5 nitrogen and oxygen atoms in total. The van der Waals surface area contributed by atoms with E-state index in [0.717, 1.165) is 27.9 Å². The van der Waals surface area contributed by atoms with Crippen LogP contribution in [-0.4, -0.2) is 20.9 Å². The lowest BCUT2D eigenvalue weighted by atomic mass is 10.0. The van der Waals surface area contributed by atoms with Gasteiger partial charge in [0.15, 0.2) is 5.82 Å². The molecule has 2 heterocycles. The lowest BCUT2D eigenvalue weighted by Gasteiger charge is -2.12. The summed E-state index contributed by atoms with van der Waals surface area (Å²) in [5.41, 5.74) is 5.36. The van der Waals surface area contributed by atoms with Crippen LogP contribution in [0, 0.1) is 6.92 Å². The third-order valence-corrected chi connectivity index (χ3v) is 5.03. The summed E-state index contributed by atoms with van der Waals surface area (Å²) in [5.74, 6) is 0.279. The zero-order valence-electron chi connectivity index (χ0n) is 17.0. The molecule has 1 amide bonds. The predicted molar refractivity (Wildman–Crippen MR) is 124 cm³/mol. The van der Waals surface area contributed by atoms with Crippen LogP contribution >= 0.6 is 11.6 Å². The van der Waals surface area contributed by atoms with E-state index in [4.69, 9.17) is 16.6 Å². The van der Waals surface area contributed by atoms with Crippen molar-refractivity contribution in [3.63, 3.8) is 0 Å². The van der Waals surface area contributed by atoms with E-state index in [2.05, 4.69) is 21.4 Å². The maximum atomic E-state index is 12.5. The molecule has 0 unspecified atom stereocenters. The number of nitrogens with zero attached hydrogens (tertiary/aromatic N) is 3. The van der Waals surface area contributed by atoms with Gasteiger partial charge < -0.3 is 5.32 Å². The van der Waals surface area contributed by atoms with Gasteiger partial charge in [-0.05, 0) is 49.2 Å². The average molecular weight is 429 g/mol. The van der Waals surface area contributed by atoms with Crippen LogP contribution in [0.2, 0.25) is 5.02 Å². The third kappa shape index (κ3) is 5.32. The Morgan fingerprint density at radius 1 is 0.968 bits per heavy atom. The molecule has 2 aromatic heterocycles. The second kappa shape index (κ2) is 9.49. The second-order valence-corrected chi connectivity index (χ2v) is 7.68. The van der Waals surface area contributed by atoms with Crippen molar-refractivity contribution in [1.29, 1.82) is 0 Å². The molecule has 0 saturated heterocycles. The van der Waals surface area contributed by atoms with Gasteiger partial charge in [-0.15, -0.1) is 0 Å². The minimum Gasteiger partial charge on any atom is -0.309 e. The molecule has 0 aliphatic carbocycles. The van der Waals surface area contributed by atoms with Crippen molar-refractivity contribution in [3.8, 4) is 22.5 Å². The molecule has 0 radical (unpaired) electrons. The largest absolute Gasteiger partial charge is 0.309 e. The number of hydrogen-bond donors (Lipinski definition) is 1. The van der Waals surface area contributed by atoms with Gasteiger partial charge in [-0.1, -0.05) is 47.5 Å². The molecule has 0 spiro atoms. The molecule has 0 saturated carbocycles. The molecule has 0 atom stereocenters. The van der Waals surface area contributed by atoms with Gasteiger partial charge >= 0.3 is 0 Å². The topological polar surface area (TPSA) is 67.8 Å². The average Bonchev–Trinajstić information content (AvgIpc) is 2.78. The van der Waals surface area contributed by atoms with Crippen LogP contribution in [0.3, 0.4) is 0 Å². The Morgan fingerprint density at radius 2 is 1.81 bits per heavy atom. The summed E-state index contributed by atoms with van der Waals surface area (Å²) in [7, 11) is 0. The number of nitrogens with one attached hydrogen (secondary N) is 1. The number of pyridine rings is 1. The maximum Gasteiger partial charge on any atom is 0.225 e. The van der Waals surface area contributed by atoms with Crippen molar-refractivity contribution in [3.05, 3.63) is 95.4 Å². The minimum absolute atomic E-state index is 0.130. The fourth-order valence-corrected chi connectivity index (χ4v) is 3.53. The highest BCUT2D eigenvalue weighted by atomic mass is 35.5. The van der Waals surface area contributed by atoms with Crippen LogP contribution in [0.15, 0.2) is 79.3 Å². The maximum absolute atomic E-state index is 12.5. The fraction of sp³-hybridized carbons (Fsp3) is 0.120. The Balaban J connectivity index is 1.58. The van der Waals surface area contributed by atoms with Gasteiger partial charge in [-0.2, -0.15) is 0 Å². The van der Waals surface area contributed by atoms with Crippen molar-refractivity contribution in [1.82, 2.24) is 15.0 Å². The summed E-state index contributed by atoms with van der Waals surface area (Å²) in [6.07, 6.45) is 5.97. The Morgan fingerprint density at radius 3 is 2.58 bits per heavy atom. The van der Waals surface area contributed by atoms with E-state index in [1.807, 2.05) is 61.5 Å². The van der Waals surface area contributed by atoms with E-state index in [1.54, 1.807) is 18.6 Å². The van der Waals surface area contributed by atoms with Crippen molar-refractivity contribution in [2.24, 2.45) is 0 Å². The predicted octanol–water partition coefficient (Wildman–Crippen LogP) is 5.74. The molecule has 0 aliphatic heterocycles. The van der Waals surface area contributed by atoms with E-state index in [0.29, 0.717) is 29.4 Å². The van der Waals surface area contributed by atoms with Gasteiger partial charge in [0.2, 0.25) is 5.91 Å². The van der Waals surface area contributed by atoms with Gasteiger partial charge in [0.25, 0.3) is 0 Å². The first-order chi connectivity index (χ1) is 15.1. The summed E-state index contributed by atoms with van der Waals surface area (Å²) >= 11 is 6.02. The van der Waals surface area contributed by atoms with E-state index in [-0.39, 0.29) is 5.91 Å². The summed E-state index contributed by atoms with van der Waals surface area (Å²) in [5, 5.41) is 3.52. The Kier molecular flexibility index (Phi) is 6.34. The van der Waals surface area contributed by atoms with E-state index >= 15 is 0 Å². The molecule has 0 bridgehead atoms. The summed E-state index contributed by atoms with van der Waals surface area (Å²) < 4.78 is 0. The van der Waals surface area contributed by atoms with Crippen LogP contribution in [0.1, 0.15) is 17.5 Å². The first-order valence-corrected chi connectivity index (χ1v) is 10.3. The van der Waals surface area contributed by atoms with Crippen molar-refractivity contribution in [2.45, 2.75) is 19.8 Å². The number of carbonyl (C=O) groups is 1. The molecule has 4 rings (SSSR count). The Labute approximate surface area is 186 Å². The number of rotatable bonds is 6. The molecule has 4 aromatic rings. The molecule has 31 heavy (non-hydrogen) atoms. The zero-order valence-corrected chi connectivity index (χ0v) is 17.8. The second-order valence-electron chi connectivity index (χ2n) is 7.24. The fourth-order valence-electron chi connectivity index (χ4n) is 3.31. The zero-order chi connectivity index (χ0) is 21.6. The van der Waals surface area contributed by atoms with Crippen molar-refractivity contribution < 1.29 is 4.79 Å². The number of aryl methyl sites for hydroxylation is 2. The molecular formula is C25H21ClN4O. The lowest BCUT2D eigenvalue weighted by molar-refractivity contribution is -0.116. The van der Waals surface area contributed by atoms with Crippen LogP contribution in [0.25, 0.3) is 22.5 Å². The molecular weight excluding hydrogens is 408 g/mol. The summed E-state index contributed by atoms with van der Waals surface area (Å²) in [6.45, 7) is 2.04. The molecule has 154 valence electrons. The van der Waals surface area contributed by atoms with E-state index < -0.39 is 0 Å². The number of halogens is 1. The molecule has 2 aromatic carbocycles. The number of amides is 1. The highest BCUT2D eigenvalue weighted by Gasteiger charge is 2.14. The first kappa shape index (κ1) is 20.7. The lowest BCUT2D eigenvalue weighted by Crippen LogP contribution is -2.14. The molecule has 6 heteroatoms. The monoisotopic (exact) mass is 428 g/mol. The number of benzene rings is 2. The van der Waals surface area contributed by atoms with Gasteiger partial charge in [0, 0.05) is 35.0 Å². The summed E-state index contributed by atoms with van der Waals surface area (Å²) in [4.78, 5) is 26.0. The van der Waals surface area contributed by atoms with E-state index in [1.165, 1.54) is 0 Å². The molecule has 1 N–H and O–H groups in total. The molecule has 0 fully saturated rings. The highest BCUT2D eigenvalue weighted by molar-refractivity contribution is 6.30.